The number of thiazole rings is 1. The van der Waals surface area contributed by atoms with Crippen molar-refractivity contribution in [3.05, 3.63) is 76.9 Å². The van der Waals surface area contributed by atoms with Crippen molar-refractivity contribution in [3.8, 4) is 23.0 Å². The third-order valence-electron chi connectivity index (χ3n) is 8.07. The van der Waals surface area contributed by atoms with E-state index in [1.54, 1.807) is 24.3 Å². The SMILES string of the molecule is CCCCCOc1ccc([C@@H]2/C(=C(\O)c3ccc4c(c3)C[C@@H](C)O4)C(=O)C(=O)N2c2nc3ccc(OCC)cc3s2)cc1OCC. The Morgan fingerprint density at radius 1 is 0.978 bits per heavy atom. The lowest BCUT2D eigenvalue weighted by Gasteiger charge is -2.24. The van der Waals surface area contributed by atoms with Crippen LogP contribution in [-0.4, -0.2) is 47.7 Å². The van der Waals surface area contributed by atoms with E-state index < -0.39 is 17.7 Å². The fourth-order valence-electron chi connectivity index (χ4n) is 5.94. The van der Waals surface area contributed by atoms with Crippen molar-refractivity contribution >= 4 is 44.1 Å². The Balaban J connectivity index is 1.48. The zero-order chi connectivity index (χ0) is 32.4. The van der Waals surface area contributed by atoms with Crippen LogP contribution in [0.5, 0.6) is 23.0 Å². The summed E-state index contributed by atoms with van der Waals surface area (Å²) in [5.74, 6) is 0.691. The van der Waals surface area contributed by atoms with Crippen molar-refractivity contribution in [2.24, 2.45) is 0 Å². The van der Waals surface area contributed by atoms with Crippen LogP contribution in [0.25, 0.3) is 16.0 Å². The number of ketones is 1. The average molecular weight is 643 g/mol. The van der Waals surface area contributed by atoms with Crippen molar-refractivity contribution in [2.45, 2.75) is 65.5 Å². The summed E-state index contributed by atoms with van der Waals surface area (Å²) in [5.41, 5.74) is 2.60. The number of anilines is 1. The van der Waals surface area contributed by atoms with Gasteiger partial charge in [-0.1, -0.05) is 37.2 Å². The van der Waals surface area contributed by atoms with Crippen molar-refractivity contribution in [2.75, 3.05) is 24.7 Å². The topological polar surface area (TPSA) is 107 Å². The van der Waals surface area contributed by atoms with Gasteiger partial charge in [0.25, 0.3) is 5.78 Å². The molecule has 46 heavy (non-hydrogen) atoms. The van der Waals surface area contributed by atoms with E-state index in [1.165, 1.54) is 16.2 Å². The molecule has 6 rings (SSSR count). The predicted molar refractivity (Wildman–Crippen MR) is 178 cm³/mol. The maximum Gasteiger partial charge on any atom is 0.301 e. The normalized spacial score (nSPS) is 18.6. The summed E-state index contributed by atoms with van der Waals surface area (Å²) in [6, 6.07) is 15.3. The number of nitrogens with zero attached hydrogens (tertiary/aromatic N) is 2. The monoisotopic (exact) mass is 642 g/mol. The number of carbonyl (C=O) groups excluding carboxylic acids is 2. The quantitative estimate of drug-likeness (QED) is 0.0728. The molecule has 0 spiro atoms. The summed E-state index contributed by atoms with van der Waals surface area (Å²) in [7, 11) is 0. The van der Waals surface area contributed by atoms with E-state index in [9.17, 15) is 14.7 Å². The molecule has 1 N–H and O–H groups in total. The highest BCUT2D eigenvalue weighted by molar-refractivity contribution is 7.22. The molecule has 2 aliphatic heterocycles. The number of aromatic nitrogens is 1. The number of ether oxygens (including phenoxy) is 4. The van der Waals surface area contributed by atoms with E-state index in [4.69, 9.17) is 23.9 Å². The lowest BCUT2D eigenvalue weighted by molar-refractivity contribution is -0.132. The van der Waals surface area contributed by atoms with E-state index in [0.29, 0.717) is 65.3 Å². The van der Waals surface area contributed by atoms with Crippen LogP contribution in [0.1, 0.15) is 69.7 Å². The molecular weight excluding hydrogens is 604 g/mol. The molecule has 2 atom stereocenters. The smallest absolute Gasteiger partial charge is 0.301 e. The molecule has 1 aromatic heterocycles. The molecule has 4 aromatic rings. The fraction of sp³-hybridized carbons (Fsp3) is 0.361. The molecule has 240 valence electrons. The molecule has 0 unspecified atom stereocenters. The number of hydrogen-bond donors (Lipinski definition) is 1. The Kier molecular flexibility index (Phi) is 9.17. The minimum Gasteiger partial charge on any atom is -0.507 e. The molecular formula is C36H38N2O7S. The van der Waals surface area contributed by atoms with Gasteiger partial charge in [0.05, 0.1) is 41.7 Å². The molecule has 0 radical (unpaired) electrons. The van der Waals surface area contributed by atoms with Gasteiger partial charge in [0.1, 0.15) is 23.4 Å². The number of unbranched alkanes of at least 4 members (excludes halogenated alkanes) is 2. The van der Waals surface area contributed by atoms with E-state index in [0.717, 1.165) is 35.3 Å². The van der Waals surface area contributed by atoms with Crippen LogP contribution in [0.3, 0.4) is 0 Å². The van der Waals surface area contributed by atoms with Crippen LogP contribution in [0.15, 0.2) is 60.2 Å². The number of rotatable bonds is 12. The second kappa shape index (κ2) is 13.4. The summed E-state index contributed by atoms with van der Waals surface area (Å²) >= 11 is 1.28. The van der Waals surface area contributed by atoms with Gasteiger partial charge < -0.3 is 24.1 Å². The van der Waals surface area contributed by atoms with Crippen LogP contribution in [0.2, 0.25) is 0 Å². The Labute approximate surface area is 272 Å². The molecule has 0 saturated carbocycles. The van der Waals surface area contributed by atoms with Crippen LogP contribution in [0.4, 0.5) is 5.13 Å². The number of fused-ring (bicyclic) bond motifs is 2. The number of aliphatic hydroxyl groups excluding tert-OH is 1. The van der Waals surface area contributed by atoms with Crippen molar-refractivity contribution in [3.63, 3.8) is 0 Å². The summed E-state index contributed by atoms with van der Waals surface area (Å²) in [5, 5.41) is 12.1. The van der Waals surface area contributed by atoms with Crippen LogP contribution < -0.4 is 23.8 Å². The van der Waals surface area contributed by atoms with E-state index in [1.807, 2.05) is 51.1 Å². The zero-order valence-electron chi connectivity index (χ0n) is 26.5. The van der Waals surface area contributed by atoms with Crippen molar-refractivity contribution in [1.29, 1.82) is 0 Å². The highest BCUT2D eigenvalue weighted by Crippen LogP contribution is 2.46. The number of benzene rings is 3. The number of carbonyl (C=O) groups is 2. The number of aliphatic hydroxyl groups is 1. The Morgan fingerprint density at radius 2 is 1.80 bits per heavy atom. The van der Waals surface area contributed by atoms with Crippen LogP contribution in [-0.2, 0) is 16.0 Å². The largest absolute Gasteiger partial charge is 0.507 e. The Hall–Kier alpha value is -4.57. The molecule has 10 heteroatoms. The first kappa shape index (κ1) is 31.4. The van der Waals surface area contributed by atoms with Gasteiger partial charge in [-0.3, -0.25) is 14.5 Å². The molecule has 3 heterocycles. The summed E-state index contributed by atoms with van der Waals surface area (Å²) < 4.78 is 24.4. The molecule has 9 nitrogen and oxygen atoms in total. The summed E-state index contributed by atoms with van der Waals surface area (Å²) in [6.45, 7) is 9.36. The highest BCUT2D eigenvalue weighted by atomic mass is 32.1. The molecule has 3 aromatic carbocycles. The number of hydrogen-bond acceptors (Lipinski definition) is 9. The maximum absolute atomic E-state index is 13.9. The first-order valence-corrected chi connectivity index (χ1v) is 16.7. The fourth-order valence-corrected chi connectivity index (χ4v) is 6.96. The van der Waals surface area contributed by atoms with Crippen LogP contribution in [0, 0.1) is 0 Å². The minimum atomic E-state index is -0.969. The third kappa shape index (κ3) is 6.01. The van der Waals surface area contributed by atoms with Gasteiger partial charge >= 0.3 is 5.91 Å². The zero-order valence-corrected chi connectivity index (χ0v) is 27.3. The lowest BCUT2D eigenvalue weighted by atomic mass is 9.94. The maximum atomic E-state index is 13.9. The van der Waals surface area contributed by atoms with Gasteiger partial charge in [0, 0.05) is 12.0 Å². The first-order valence-electron chi connectivity index (χ1n) is 15.9. The standard InChI is InChI=1S/C36H38N2O7S/c1-5-8-9-16-44-28-15-10-22(19-29(28)43-7-3)32-31(33(39)23-11-14-27-24(18-23)17-21(4)45-27)34(40)35(41)38(32)36-37-26-13-12-25(42-6-2)20-30(26)46-36/h10-15,18-21,32,39H,5-9,16-17H2,1-4H3/b33-31+/t21-,32-/m1/s1. The molecule has 1 fully saturated rings. The van der Waals surface area contributed by atoms with Gasteiger partial charge in [0.15, 0.2) is 16.6 Å². The molecule has 0 bridgehead atoms. The summed E-state index contributed by atoms with van der Waals surface area (Å²) in [4.78, 5) is 33.9. The minimum absolute atomic E-state index is 0.0138. The Bertz CT molecular complexity index is 1810. The third-order valence-corrected chi connectivity index (χ3v) is 9.09. The second-order valence-electron chi connectivity index (χ2n) is 11.4. The van der Waals surface area contributed by atoms with Gasteiger partial charge in [-0.25, -0.2) is 4.98 Å². The molecule has 1 amide bonds. The number of Topliss-reactive ketones (excluding diaryl/α,β-unsaturated/α-hetero) is 1. The first-order chi connectivity index (χ1) is 22.3. The van der Waals surface area contributed by atoms with Crippen LogP contribution >= 0.6 is 11.3 Å². The van der Waals surface area contributed by atoms with E-state index >= 15 is 0 Å². The van der Waals surface area contributed by atoms with E-state index in [-0.39, 0.29) is 17.4 Å². The predicted octanol–water partition coefficient (Wildman–Crippen LogP) is 7.61. The Morgan fingerprint density at radius 3 is 2.59 bits per heavy atom. The second-order valence-corrected chi connectivity index (χ2v) is 12.4. The van der Waals surface area contributed by atoms with Crippen molar-refractivity contribution in [1.82, 2.24) is 4.98 Å². The molecule has 1 saturated heterocycles. The lowest BCUT2D eigenvalue weighted by Crippen LogP contribution is -2.29. The van der Waals surface area contributed by atoms with Gasteiger partial charge in [0.2, 0.25) is 0 Å². The van der Waals surface area contributed by atoms with Gasteiger partial charge in [-0.05, 0) is 86.8 Å². The van der Waals surface area contributed by atoms with Gasteiger partial charge in [-0.2, -0.15) is 0 Å². The van der Waals surface area contributed by atoms with Crippen molar-refractivity contribution < 1.29 is 33.6 Å². The number of amides is 1. The van der Waals surface area contributed by atoms with E-state index in [2.05, 4.69) is 6.92 Å². The average Bonchev–Trinajstić information content (AvgIpc) is 3.71. The summed E-state index contributed by atoms with van der Waals surface area (Å²) in [6.07, 6.45) is 3.74. The van der Waals surface area contributed by atoms with Gasteiger partial charge in [-0.15, -0.1) is 0 Å². The highest BCUT2D eigenvalue weighted by Gasteiger charge is 2.48. The molecule has 0 aliphatic carbocycles. The molecule has 2 aliphatic rings.